The second kappa shape index (κ2) is 8.77. The van der Waals surface area contributed by atoms with Gasteiger partial charge < -0.3 is 9.47 Å². The number of nitrogens with zero attached hydrogens (tertiary/aromatic N) is 3. The zero-order valence-corrected chi connectivity index (χ0v) is 15.1. The van der Waals surface area contributed by atoms with E-state index in [4.69, 9.17) is 0 Å². The van der Waals surface area contributed by atoms with Gasteiger partial charge >= 0.3 is 5.69 Å². The smallest absolute Gasteiger partial charge is 0.328 e. The fraction of sp³-hybridized carbons (Fsp3) is 0.421. The molecule has 2 heterocycles. The molecule has 0 unspecified atom stereocenters. The molecule has 1 N–H and O–H groups in total. The molecule has 0 radical (unpaired) electrons. The Kier molecular flexibility index (Phi) is 6.18. The Morgan fingerprint density at radius 1 is 1.07 bits per heavy atom. The molecule has 1 amide bonds. The lowest BCUT2D eigenvalue weighted by molar-refractivity contribution is -0.131. The molecular weight excluding hydrogens is 351 g/mol. The summed E-state index contributed by atoms with van der Waals surface area (Å²) in [7, 11) is 0. The molecule has 0 aliphatic carbocycles. The summed E-state index contributed by atoms with van der Waals surface area (Å²) in [5.74, 6) is -0.234. The quantitative estimate of drug-likeness (QED) is 0.840. The van der Waals surface area contributed by atoms with Crippen LogP contribution in [0, 0.1) is 5.82 Å². The lowest BCUT2D eigenvalue weighted by atomic mass is 10.2. The van der Waals surface area contributed by atoms with Crippen LogP contribution in [0.25, 0.3) is 0 Å². The minimum Gasteiger partial charge on any atom is -0.341 e. The Bertz CT molecular complexity index is 908. The largest absolute Gasteiger partial charge is 0.341 e. The van der Waals surface area contributed by atoms with Crippen LogP contribution in [0.2, 0.25) is 0 Å². The van der Waals surface area contributed by atoms with Gasteiger partial charge in [0, 0.05) is 63.5 Å². The van der Waals surface area contributed by atoms with Gasteiger partial charge in [-0.05, 0) is 12.5 Å². The maximum atomic E-state index is 13.8. The molecule has 7 nitrogen and oxygen atoms in total. The number of amides is 1. The Hall–Kier alpha value is -2.74. The molecule has 0 spiro atoms. The minimum absolute atomic E-state index is 0.0270. The Labute approximate surface area is 156 Å². The van der Waals surface area contributed by atoms with Crippen molar-refractivity contribution in [2.45, 2.75) is 25.9 Å². The number of aromatic amines is 1. The monoisotopic (exact) mass is 374 g/mol. The number of aromatic nitrogens is 2. The number of H-pyrrole nitrogens is 1. The molecule has 1 aliphatic rings. The van der Waals surface area contributed by atoms with Gasteiger partial charge in [-0.2, -0.15) is 0 Å². The molecule has 3 rings (SSSR count). The minimum atomic E-state index is -0.512. The molecule has 0 bridgehead atoms. The number of hydrogen-bond donors (Lipinski definition) is 1. The van der Waals surface area contributed by atoms with Crippen LogP contribution < -0.4 is 11.2 Å². The lowest BCUT2D eigenvalue weighted by Gasteiger charge is -2.22. The normalized spacial score (nSPS) is 15.5. The first-order valence-electron chi connectivity index (χ1n) is 9.06. The molecule has 0 atom stereocenters. The van der Waals surface area contributed by atoms with Gasteiger partial charge in [0.2, 0.25) is 5.91 Å². The second-order valence-electron chi connectivity index (χ2n) is 6.66. The fourth-order valence-electron chi connectivity index (χ4n) is 3.24. The average molecular weight is 374 g/mol. The first kappa shape index (κ1) is 19.0. The SMILES string of the molecule is O=C(CCn1ccc(=O)[nH]c1=O)N1CCCN(Cc2ccccc2F)CC1. The summed E-state index contributed by atoms with van der Waals surface area (Å²) in [5.41, 5.74) is -0.304. The van der Waals surface area contributed by atoms with Gasteiger partial charge in [-0.25, -0.2) is 9.18 Å². The molecule has 2 aromatic rings. The predicted octanol–water partition coefficient (Wildman–Crippen LogP) is 0.800. The van der Waals surface area contributed by atoms with Gasteiger partial charge in [-0.1, -0.05) is 18.2 Å². The zero-order valence-electron chi connectivity index (χ0n) is 15.1. The molecule has 1 fully saturated rings. The molecule has 144 valence electrons. The van der Waals surface area contributed by atoms with Crippen molar-refractivity contribution in [2.24, 2.45) is 0 Å². The third kappa shape index (κ3) is 5.13. The van der Waals surface area contributed by atoms with E-state index < -0.39 is 11.2 Å². The topological polar surface area (TPSA) is 78.4 Å². The summed E-state index contributed by atoms with van der Waals surface area (Å²) < 4.78 is 15.2. The van der Waals surface area contributed by atoms with Crippen molar-refractivity contribution in [3.05, 3.63) is 68.7 Å². The molecule has 1 saturated heterocycles. The lowest BCUT2D eigenvalue weighted by Crippen LogP contribution is -2.36. The van der Waals surface area contributed by atoms with Gasteiger partial charge in [0.1, 0.15) is 5.82 Å². The molecule has 1 aromatic heterocycles. The summed E-state index contributed by atoms with van der Waals surface area (Å²) >= 11 is 0. The van der Waals surface area contributed by atoms with Crippen molar-refractivity contribution >= 4 is 5.91 Å². The summed E-state index contributed by atoms with van der Waals surface area (Å²) in [6.07, 6.45) is 2.41. The van der Waals surface area contributed by atoms with Crippen LogP contribution in [0.5, 0.6) is 0 Å². The van der Waals surface area contributed by atoms with Gasteiger partial charge in [0.25, 0.3) is 5.56 Å². The van der Waals surface area contributed by atoms with Crippen molar-refractivity contribution in [1.82, 2.24) is 19.4 Å². The molecule has 1 aliphatic heterocycles. The van der Waals surface area contributed by atoms with Gasteiger partial charge in [0.05, 0.1) is 0 Å². The highest BCUT2D eigenvalue weighted by atomic mass is 19.1. The van der Waals surface area contributed by atoms with Crippen LogP contribution in [0.3, 0.4) is 0 Å². The van der Waals surface area contributed by atoms with E-state index in [1.54, 1.807) is 17.0 Å². The predicted molar refractivity (Wildman–Crippen MR) is 98.8 cm³/mol. The fourth-order valence-corrected chi connectivity index (χ4v) is 3.24. The molecule has 27 heavy (non-hydrogen) atoms. The summed E-state index contributed by atoms with van der Waals surface area (Å²) in [4.78, 5) is 41.3. The van der Waals surface area contributed by atoms with E-state index in [1.807, 2.05) is 6.07 Å². The highest BCUT2D eigenvalue weighted by Crippen LogP contribution is 2.12. The number of nitrogens with one attached hydrogen (secondary N) is 1. The zero-order chi connectivity index (χ0) is 19.2. The van der Waals surface area contributed by atoms with Crippen molar-refractivity contribution in [3.63, 3.8) is 0 Å². The van der Waals surface area contributed by atoms with Crippen molar-refractivity contribution in [3.8, 4) is 0 Å². The van der Waals surface area contributed by atoms with Gasteiger partial charge in [0.15, 0.2) is 0 Å². The maximum absolute atomic E-state index is 13.8. The van der Waals surface area contributed by atoms with E-state index in [-0.39, 0.29) is 24.7 Å². The first-order chi connectivity index (χ1) is 13.0. The Morgan fingerprint density at radius 3 is 2.67 bits per heavy atom. The number of benzene rings is 1. The third-order valence-corrected chi connectivity index (χ3v) is 4.76. The number of halogens is 1. The van der Waals surface area contributed by atoms with E-state index in [0.717, 1.165) is 13.0 Å². The Balaban J connectivity index is 1.52. The number of rotatable bonds is 5. The van der Waals surface area contributed by atoms with Crippen molar-refractivity contribution < 1.29 is 9.18 Å². The van der Waals surface area contributed by atoms with E-state index in [1.165, 1.54) is 22.9 Å². The third-order valence-electron chi connectivity index (χ3n) is 4.76. The van der Waals surface area contributed by atoms with Gasteiger partial charge in [-0.3, -0.25) is 19.5 Å². The van der Waals surface area contributed by atoms with Crippen LogP contribution >= 0.6 is 0 Å². The van der Waals surface area contributed by atoms with Crippen LogP contribution in [0.1, 0.15) is 18.4 Å². The summed E-state index contributed by atoms with van der Waals surface area (Å²) in [5, 5.41) is 0. The Morgan fingerprint density at radius 2 is 1.89 bits per heavy atom. The first-order valence-corrected chi connectivity index (χ1v) is 9.06. The standard InChI is InChI=1S/C19H23FN4O3/c20-16-5-2-1-4-15(16)14-22-8-3-9-23(13-12-22)18(26)7-11-24-10-6-17(25)21-19(24)27/h1-2,4-6,10H,3,7-9,11-14H2,(H,21,25,27). The van der Waals surface area contributed by atoms with Crippen LogP contribution in [-0.2, 0) is 17.9 Å². The highest BCUT2D eigenvalue weighted by molar-refractivity contribution is 5.76. The van der Waals surface area contributed by atoms with Gasteiger partial charge in [-0.15, -0.1) is 0 Å². The number of aryl methyl sites for hydroxylation is 1. The van der Waals surface area contributed by atoms with Crippen LogP contribution in [-0.4, -0.2) is 51.4 Å². The summed E-state index contributed by atoms with van der Waals surface area (Å²) in [6.45, 7) is 3.46. The molecule has 1 aromatic carbocycles. The maximum Gasteiger partial charge on any atom is 0.328 e. The number of carbonyl (C=O) groups excluding carboxylic acids is 1. The van der Waals surface area contributed by atoms with Crippen LogP contribution in [0.4, 0.5) is 4.39 Å². The molecule has 8 heteroatoms. The second-order valence-corrected chi connectivity index (χ2v) is 6.66. The number of carbonyl (C=O) groups is 1. The van der Waals surface area contributed by atoms with E-state index in [2.05, 4.69) is 9.88 Å². The summed E-state index contributed by atoms with van der Waals surface area (Å²) in [6, 6.07) is 8.01. The molecule has 0 saturated carbocycles. The number of hydrogen-bond acceptors (Lipinski definition) is 4. The van der Waals surface area contributed by atoms with Crippen molar-refractivity contribution in [2.75, 3.05) is 26.2 Å². The molecular formula is C19H23FN4O3. The van der Waals surface area contributed by atoms with Crippen molar-refractivity contribution in [1.29, 1.82) is 0 Å². The highest BCUT2D eigenvalue weighted by Gasteiger charge is 2.19. The average Bonchev–Trinajstić information content (AvgIpc) is 2.88. The van der Waals surface area contributed by atoms with E-state index >= 15 is 0 Å². The van der Waals surface area contributed by atoms with E-state index in [9.17, 15) is 18.8 Å². The van der Waals surface area contributed by atoms with E-state index in [0.29, 0.717) is 31.7 Å². The van der Waals surface area contributed by atoms with Crippen LogP contribution in [0.15, 0.2) is 46.1 Å².